The van der Waals surface area contributed by atoms with Crippen molar-refractivity contribution in [3.05, 3.63) is 12.1 Å². The van der Waals surface area contributed by atoms with Crippen molar-refractivity contribution in [3.8, 4) is 0 Å². The number of rotatable bonds is 5. The lowest BCUT2D eigenvalue weighted by atomic mass is 10.1. The van der Waals surface area contributed by atoms with Crippen molar-refractivity contribution in [3.63, 3.8) is 0 Å². The molecule has 0 fully saturated rings. The Kier molecular flexibility index (Phi) is 4.68. The van der Waals surface area contributed by atoms with Crippen molar-refractivity contribution in [1.29, 1.82) is 0 Å². The van der Waals surface area contributed by atoms with E-state index in [2.05, 4.69) is 0 Å². The van der Waals surface area contributed by atoms with E-state index in [0.29, 0.717) is 0 Å². The Morgan fingerprint density at radius 1 is 0.737 bits per heavy atom. The molecule has 0 aromatic carbocycles. The lowest BCUT2D eigenvalue weighted by Crippen LogP contribution is -2.61. The Bertz CT molecular complexity index is 366. The lowest BCUT2D eigenvalue weighted by molar-refractivity contribution is -0.412. The summed E-state index contributed by atoms with van der Waals surface area (Å²) in [6.45, 7) is 0. The highest BCUT2D eigenvalue weighted by atomic mass is 32.1. The van der Waals surface area contributed by atoms with E-state index in [1.54, 1.807) is 12.6 Å². The first-order valence-corrected chi connectivity index (χ1v) is 4.16. The van der Waals surface area contributed by atoms with Crippen LogP contribution in [0.1, 0.15) is 0 Å². The Hall–Kier alpha value is -0.880. The van der Waals surface area contributed by atoms with Crippen LogP contribution in [0.4, 0.5) is 48.3 Å². The average molecular weight is 330 g/mol. The van der Waals surface area contributed by atoms with E-state index in [0.717, 1.165) is 0 Å². The van der Waals surface area contributed by atoms with Gasteiger partial charge in [0.25, 0.3) is 0 Å². The highest BCUT2D eigenvalue weighted by Crippen LogP contribution is 2.54. The van der Waals surface area contributed by atoms with Crippen LogP contribution in [0.2, 0.25) is 0 Å². The highest BCUT2D eigenvalue weighted by Gasteiger charge is 2.82. The topological polar surface area (TPSA) is 9.23 Å². The number of thiol groups is 1. The second kappa shape index (κ2) is 4.90. The molecule has 114 valence electrons. The number of hydrogen-bond acceptors (Lipinski definition) is 2. The Morgan fingerprint density at radius 3 is 1.37 bits per heavy atom. The van der Waals surface area contributed by atoms with Crippen LogP contribution in [0.3, 0.4) is 0 Å². The minimum Gasteiger partial charge on any atom is -0.397 e. The highest BCUT2D eigenvalue weighted by molar-refractivity contribution is 7.81. The van der Waals surface area contributed by atoms with Gasteiger partial charge in [-0.2, -0.15) is 48.3 Å². The van der Waals surface area contributed by atoms with Crippen LogP contribution in [-0.4, -0.2) is 23.2 Å². The number of hydrogen-bond donors (Lipinski definition) is 1. The molecule has 0 spiro atoms. The Balaban J connectivity index is 5.59. The summed E-state index contributed by atoms with van der Waals surface area (Å²) >= 11 is 1.69. The third kappa shape index (κ3) is 3.17. The first-order chi connectivity index (χ1) is 8.08. The lowest BCUT2D eigenvalue weighted by Gasteiger charge is -2.33. The van der Waals surface area contributed by atoms with Crippen molar-refractivity contribution in [2.24, 2.45) is 0 Å². The van der Waals surface area contributed by atoms with Gasteiger partial charge in [-0.15, -0.1) is 0 Å². The quantitative estimate of drug-likeness (QED) is 0.446. The van der Waals surface area contributed by atoms with Gasteiger partial charge in [0.15, 0.2) is 0 Å². The van der Waals surface area contributed by atoms with Crippen molar-refractivity contribution >= 4 is 12.6 Å². The molecule has 0 atom stereocenters. The van der Waals surface area contributed by atoms with Gasteiger partial charge in [-0.05, 0) is 0 Å². The summed E-state index contributed by atoms with van der Waals surface area (Å²) in [4.78, 5) is 0. The molecule has 0 rings (SSSR count). The summed E-state index contributed by atoms with van der Waals surface area (Å²) < 4.78 is 135. The molecule has 1 nitrogen and oxygen atoms in total. The molecule has 13 heteroatoms. The molecule has 0 aliphatic heterocycles. The van der Waals surface area contributed by atoms with E-state index in [1.165, 1.54) is 0 Å². The fourth-order valence-electron chi connectivity index (χ4n) is 0.587. The maximum absolute atomic E-state index is 12.5. The normalized spacial score (nSPS) is 14.3. The smallest absolute Gasteiger partial charge is 0.397 e. The SMILES string of the molecule is FC(F)=C(F)OC(F)(F)C(F)(F)C(F)(F)C(F)(F)S. The van der Waals surface area contributed by atoms with Crippen LogP contribution in [0.15, 0.2) is 12.1 Å². The van der Waals surface area contributed by atoms with Gasteiger partial charge in [0, 0.05) is 0 Å². The summed E-state index contributed by atoms with van der Waals surface area (Å²) in [5.74, 6) is -13.8. The maximum atomic E-state index is 12.5. The summed E-state index contributed by atoms with van der Waals surface area (Å²) in [5, 5.41) is -5.96. The van der Waals surface area contributed by atoms with Gasteiger partial charge < -0.3 is 4.74 Å². The maximum Gasteiger partial charge on any atom is 0.473 e. The minimum absolute atomic E-state index is 1.69. The predicted molar refractivity (Wildman–Crippen MR) is 40.2 cm³/mol. The van der Waals surface area contributed by atoms with E-state index < -0.39 is 35.3 Å². The Morgan fingerprint density at radius 2 is 1.11 bits per heavy atom. The van der Waals surface area contributed by atoms with Gasteiger partial charge >= 0.3 is 35.3 Å². The molecule has 0 amide bonds. The molecular weight excluding hydrogens is 329 g/mol. The third-order valence-corrected chi connectivity index (χ3v) is 1.78. The van der Waals surface area contributed by atoms with E-state index >= 15 is 0 Å². The average Bonchev–Trinajstić information content (AvgIpc) is 2.14. The van der Waals surface area contributed by atoms with Gasteiger partial charge in [0.2, 0.25) is 0 Å². The molecular formula is C6HF11OS. The number of halogens is 11. The number of alkyl halides is 8. The molecule has 19 heavy (non-hydrogen) atoms. The molecule has 0 aliphatic rings. The zero-order chi connectivity index (χ0) is 15.9. The summed E-state index contributed by atoms with van der Waals surface area (Å²) in [7, 11) is 0. The second-order valence-electron chi connectivity index (χ2n) is 2.84. The van der Waals surface area contributed by atoms with Gasteiger partial charge in [0.05, 0.1) is 0 Å². The zero-order valence-electron chi connectivity index (χ0n) is 8.01. The molecule has 0 saturated heterocycles. The molecule has 0 heterocycles. The van der Waals surface area contributed by atoms with Crippen molar-refractivity contribution < 1.29 is 53.0 Å². The predicted octanol–water partition coefficient (Wildman–Crippen LogP) is 4.42. The summed E-state index contributed by atoms with van der Waals surface area (Å²) in [6, 6.07) is -3.62. The van der Waals surface area contributed by atoms with Crippen molar-refractivity contribution in [1.82, 2.24) is 0 Å². The molecule has 0 saturated carbocycles. The van der Waals surface area contributed by atoms with Crippen LogP contribution in [0, 0.1) is 0 Å². The first kappa shape index (κ1) is 18.1. The molecule has 0 aromatic heterocycles. The van der Waals surface area contributed by atoms with E-state index in [-0.39, 0.29) is 0 Å². The van der Waals surface area contributed by atoms with Crippen molar-refractivity contribution in [2.75, 3.05) is 0 Å². The summed E-state index contributed by atoms with van der Waals surface area (Å²) in [5.41, 5.74) is 0. The monoisotopic (exact) mass is 330 g/mol. The second-order valence-corrected chi connectivity index (χ2v) is 3.40. The Labute approximate surface area is 102 Å². The van der Waals surface area contributed by atoms with Gasteiger partial charge in [-0.1, -0.05) is 12.6 Å². The van der Waals surface area contributed by atoms with Crippen LogP contribution in [0.5, 0.6) is 0 Å². The third-order valence-electron chi connectivity index (χ3n) is 1.50. The van der Waals surface area contributed by atoms with Crippen LogP contribution in [0.25, 0.3) is 0 Å². The van der Waals surface area contributed by atoms with Gasteiger partial charge in [-0.3, -0.25) is 0 Å². The largest absolute Gasteiger partial charge is 0.473 e. The van der Waals surface area contributed by atoms with Crippen LogP contribution in [-0.2, 0) is 4.74 Å². The van der Waals surface area contributed by atoms with E-state index in [9.17, 15) is 48.3 Å². The van der Waals surface area contributed by atoms with E-state index in [4.69, 9.17) is 0 Å². The van der Waals surface area contributed by atoms with Crippen LogP contribution >= 0.6 is 12.6 Å². The van der Waals surface area contributed by atoms with Gasteiger partial charge in [0.1, 0.15) is 0 Å². The first-order valence-electron chi connectivity index (χ1n) is 3.71. The molecule has 0 N–H and O–H groups in total. The fourth-order valence-corrected chi connectivity index (χ4v) is 0.727. The molecule has 0 radical (unpaired) electrons. The molecule has 0 aromatic rings. The minimum atomic E-state index is -7.03. The standard InChI is InChI=1S/C6HF11OS/c7-1(8)2(9)18-5(14,15)3(10,11)4(12,13)6(16,17)19/h19H. The number of ether oxygens (including phenoxy) is 1. The molecule has 0 aliphatic carbocycles. The molecule has 0 bridgehead atoms. The fraction of sp³-hybridized carbons (Fsp3) is 0.667. The molecule has 0 unspecified atom stereocenters. The van der Waals surface area contributed by atoms with E-state index in [1.807, 2.05) is 4.74 Å². The summed E-state index contributed by atoms with van der Waals surface area (Å²) in [6.07, 6.45) is -10.4. The van der Waals surface area contributed by atoms with Crippen LogP contribution < -0.4 is 0 Å². The van der Waals surface area contributed by atoms with Crippen molar-refractivity contribution in [2.45, 2.75) is 23.2 Å². The van der Waals surface area contributed by atoms with Gasteiger partial charge in [-0.25, -0.2) is 0 Å². The zero-order valence-corrected chi connectivity index (χ0v) is 8.91.